The zero-order chi connectivity index (χ0) is 14.8. The van der Waals surface area contributed by atoms with Crippen LogP contribution in [0.2, 0.25) is 5.02 Å². The van der Waals surface area contributed by atoms with Crippen LogP contribution >= 0.6 is 27.5 Å². The second-order valence-corrected chi connectivity index (χ2v) is 6.02. The fourth-order valence-electron chi connectivity index (χ4n) is 2.15. The Morgan fingerprint density at radius 3 is 2.52 bits per heavy atom. The predicted octanol–water partition coefficient (Wildman–Crippen LogP) is 4.60. The minimum Gasteiger partial charge on any atom is -0.396 e. The van der Waals surface area contributed by atoms with Crippen molar-refractivity contribution in [3.63, 3.8) is 0 Å². The topological polar surface area (TPSA) is 43.8 Å². The summed E-state index contributed by atoms with van der Waals surface area (Å²) in [5, 5.41) is 5.27. The molecular weight excluding hydrogens is 350 g/mol. The quantitative estimate of drug-likeness (QED) is 0.740. The second kappa shape index (κ2) is 5.92. The van der Waals surface area contributed by atoms with E-state index < -0.39 is 0 Å². The lowest BCUT2D eigenvalue weighted by Crippen LogP contribution is -2.01. The molecule has 0 fully saturated rings. The van der Waals surface area contributed by atoms with E-state index in [1.165, 1.54) is 0 Å². The summed E-state index contributed by atoms with van der Waals surface area (Å²) < 4.78 is 2.91. The molecule has 0 saturated heterocycles. The third-order valence-corrected chi connectivity index (χ3v) is 4.22. The molecule has 5 heteroatoms. The SMILES string of the molecule is Nc1cn(Cc2ccccc2Br)nc1-c1ccc(Cl)cc1. The van der Waals surface area contributed by atoms with Crippen LogP contribution < -0.4 is 5.73 Å². The van der Waals surface area contributed by atoms with Crippen LogP contribution in [0.5, 0.6) is 0 Å². The number of nitrogen functional groups attached to an aromatic ring is 1. The maximum atomic E-state index is 6.08. The summed E-state index contributed by atoms with van der Waals surface area (Å²) in [4.78, 5) is 0. The number of rotatable bonds is 3. The Balaban J connectivity index is 1.91. The van der Waals surface area contributed by atoms with Gasteiger partial charge >= 0.3 is 0 Å². The average molecular weight is 363 g/mol. The van der Waals surface area contributed by atoms with Crippen molar-refractivity contribution in [2.45, 2.75) is 6.54 Å². The van der Waals surface area contributed by atoms with Gasteiger partial charge < -0.3 is 5.73 Å². The summed E-state index contributed by atoms with van der Waals surface area (Å²) in [5.41, 5.74) is 9.62. The molecule has 0 unspecified atom stereocenters. The number of nitrogens with zero attached hydrogens (tertiary/aromatic N) is 2. The Kier molecular flexibility index (Phi) is 3.99. The van der Waals surface area contributed by atoms with Crippen LogP contribution in [0.25, 0.3) is 11.3 Å². The molecule has 21 heavy (non-hydrogen) atoms. The van der Waals surface area contributed by atoms with E-state index in [9.17, 15) is 0 Å². The van der Waals surface area contributed by atoms with Crippen molar-refractivity contribution in [3.05, 3.63) is 69.8 Å². The van der Waals surface area contributed by atoms with Crippen LogP contribution in [0, 0.1) is 0 Å². The zero-order valence-electron chi connectivity index (χ0n) is 11.1. The van der Waals surface area contributed by atoms with Gasteiger partial charge in [-0.1, -0.05) is 57.9 Å². The van der Waals surface area contributed by atoms with Crippen molar-refractivity contribution >= 4 is 33.2 Å². The predicted molar refractivity (Wildman–Crippen MR) is 90.3 cm³/mol. The van der Waals surface area contributed by atoms with Crippen LogP contribution in [0.15, 0.2) is 59.2 Å². The number of halogens is 2. The molecule has 0 atom stereocenters. The molecule has 0 aliphatic rings. The normalized spacial score (nSPS) is 10.8. The lowest BCUT2D eigenvalue weighted by molar-refractivity contribution is 0.687. The van der Waals surface area contributed by atoms with Gasteiger partial charge in [0.15, 0.2) is 0 Å². The Morgan fingerprint density at radius 2 is 1.81 bits per heavy atom. The minimum atomic E-state index is 0.657. The lowest BCUT2D eigenvalue weighted by Gasteiger charge is -2.04. The van der Waals surface area contributed by atoms with E-state index >= 15 is 0 Å². The van der Waals surface area contributed by atoms with Gasteiger partial charge in [0.2, 0.25) is 0 Å². The van der Waals surface area contributed by atoms with Gasteiger partial charge in [-0.25, -0.2) is 0 Å². The molecule has 2 N–H and O–H groups in total. The number of nitrogens with two attached hydrogens (primary N) is 1. The first-order chi connectivity index (χ1) is 10.1. The van der Waals surface area contributed by atoms with E-state index in [0.29, 0.717) is 17.3 Å². The van der Waals surface area contributed by atoms with Crippen molar-refractivity contribution in [1.82, 2.24) is 9.78 Å². The maximum Gasteiger partial charge on any atom is 0.115 e. The van der Waals surface area contributed by atoms with Gasteiger partial charge in [0, 0.05) is 21.3 Å². The number of anilines is 1. The molecule has 0 aliphatic heterocycles. The van der Waals surface area contributed by atoms with Gasteiger partial charge in [-0.3, -0.25) is 4.68 Å². The standard InChI is InChI=1S/C16H13BrClN3/c17-14-4-2-1-3-12(14)9-21-10-15(19)16(20-21)11-5-7-13(18)8-6-11/h1-8,10H,9,19H2. The van der Waals surface area contributed by atoms with Crippen molar-refractivity contribution < 1.29 is 0 Å². The van der Waals surface area contributed by atoms with E-state index in [2.05, 4.69) is 27.1 Å². The number of hydrogen-bond donors (Lipinski definition) is 1. The van der Waals surface area contributed by atoms with Gasteiger partial charge in [-0.05, 0) is 23.8 Å². The highest BCUT2D eigenvalue weighted by Gasteiger charge is 2.09. The van der Waals surface area contributed by atoms with Crippen LogP contribution in [0.3, 0.4) is 0 Å². The van der Waals surface area contributed by atoms with Crippen molar-refractivity contribution in [1.29, 1.82) is 0 Å². The fourth-order valence-corrected chi connectivity index (χ4v) is 2.69. The molecular formula is C16H13BrClN3. The molecule has 0 aliphatic carbocycles. The first-order valence-electron chi connectivity index (χ1n) is 6.46. The van der Waals surface area contributed by atoms with Gasteiger partial charge in [0.25, 0.3) is 0 Å². The Hall–Kier alpha value is -1.78. The monoisotopic (exact) mass is 361 g/mol. The number of aromatic nitrogens is 2. The number of hydrogen-bond acceptors (Lipinski definition) is 2. The summed E-state index contributed by atoms with van der Waals surface area (Å²) in [7, 11) is 0. The van der Waals surface area contributed by atoms with E-state index in [4.69, 9.17) is 17.3 Å². The van der Waals surface area contributed by atoms with Gasteiger partial charge in [0.05, 0.1) is 12.2 Å². The molecule has 1 aromatic heterocycles. The van der Waals surface area contributed by atoms with Crippen molar-refractivity contribution in [2.75, 3.05) is 5.73 Å². The average Bonchev–Trinajstić information content (AvgIpc) is 2.83. The summed E-state index contributed by atoms with van der Waals surface area (Å²) in [6.07, 6.45) is 1.85. The third kappa shape index (κ3) is 3.12. The van der Waals surface area contributed by atoms with Crippen LogP contribution in [0.4, 0.5) is 5.69 Å². The van der Waals surface area contributed by atoms with E-state index in [-0.39, 0.29) is 0 Å². The summed E-state index contributed by atoms with van der Waals surface area (Å²) in [5.74, 6) is 0. The summed E-state index contributed by atoms with van der Waals surface area (Å²) in [6.45, 7) is 0.666. The summed E-state index contributed by atoms with van der Waals surface area (Å²) >= 11 is 9.45. The molecule has 106 valence electrons. The second-order valence-electron chi connectivity index (χ2n) is 4.73. The first kappa shape index (κ1) is 14.2. The van der Waals surface area contributed by atoms with Crippen LogP contribution in [-0.2, 0) is 6.54 Å². The highest BCUT2D eigenvalue weighted by molar-refractivity contribution is 9.10. The van der Waals surface area contributed by atoms with E-state index in [1.807, 2.05) is 53.3 Å². The summed E-state index contributed by atoms with van der Waals surface area (Å²) in [6, 6.07) is 15.6. The molecule has 0 amide bonds. The Labute approximate surface area is 136 Å². The van der Waals surface area contributed by atoms with Crippen LogP contribution in [-0.4, -0.2) is 9.78 Å². The molecule has 1 heterocycles. The molecule has 0 radical (unpaired) electrons. The lowest BCUT2D eigenvalue weighted by atomic mass is 10.1. The molecule has 0 bridgehead atoms. The molecule has 3 aromatic rings. The van der Waals surface area contributed by atoms with Crippen molar-refractivity contribution in [3.8, 4) is 11.3 Å². The van der Waals surface area contributed by atoms with Gasteiger partial charge in [-0.2, -0.15) is 5.10 Å². The largest absolute Gasteiger partial charge is 0.396 e. The van der Waals surface area contributed by atoms with E-state index in [0.717, 1.165) is 21.3 Å². The third-order valence-electron chi connectivity index (χ3n) is 3.20. The Morgan fingerprint density at radius 1 is 1.10 bits per heavy atom. The first-order valence-corrected chi connectivity index (χ1v) is 7.63. The molecule has 0 saturated carbocycles. The maximum absolute atomic E-state index is 6.08. The fraction of sp³-hybridized carbons (Fsp3) is 0.0625. The van der Waals surface area contributed by atoms with E-state index in [1.54, 1.807) is 0 Å². The molecule has 3 rings (SSSR count). The molecule has 0 spiro atoms. The number of benzene rings is 2. The Bertz CT molecular complexity index is 765. The smallest absolute Gasteiger partial charge is 0.115 e. The zero-order valence-corrected chi connectivity index (χ0v) is 13.5. The highest BCUT2D eigenvalue weighted by Crippen LogP contribution is 2.26. The van der Waals surface area contributed by atoms with Gasteiger partial charge in [-0.15, -0.1) is 0 Å². The molecule has 2 aromatic carbocycles. The van der Waals surface area contributed by atoms with Gasteiger partial charge in [0.1, 0.15) is 5.69 Å². The van der Waals surface area contributed by atoms with Crippen molar-refractivity contribution in [2.24, 2.45) is 0 Å². The molecule has 3 nitrogen and oxygen atoms in total. The minimum absolute atomic E-state index is 0.657. The van der Waals surface area contributed by atoms with Crippen LogP contribution in [0.1, 0.15) is 5.56 Å². The highest BCUT2D eigenvalue weighted by atomic mass is 79.9.